The highest BCUT2D eigenvalue weighted by atomic mass is 79.9. The first-order chi connectivity index (χ1) is 8.95. The minimum absolute atomic E-state index is 0.0568. The van der Waals surface area contributed by atoms with Crippen LogP contribution in [0.1, 0.15) is 18.9 Å². The van der Waals surface area contributed by atoms with Crippen LogP contribution in [0.4, 0.5) is 10.5 Å². The number of rotatable bonds is 5. The Bertz CT molecular complexity index is 477. The minimum atomic E-state index is -0.912. The van der Waals surface area contributed by atoms with Gasteiger partial charge in [-0.1, -0.05) is 22.0 Å². The van der Waals surface area contributed by atoms with Crippen LogP contribution >= 0.6 is 15.9 Å². The second-order valence-electron chi connectivity index (χ2n) is 4.07. The van der Waals surface area contributed by atoms with Crippen molar-refractivity contribution >= 4 is 33.6 Å². The number of aliphatic carboxylic acids is 1. The smallest absolute Gasteiger partial charge is 0.321 e. The number of carboxylic acids is 1. The van der Waals surface area contributed by atoms with Gasteiger partial charge in [-0.15, -0.1) is 0 Å². The Morgan fingerprint density at radius 1 is 1.42 bits per heavy atom. The van der Waals surface area contributed by atoms with Crippen LogP contribution in [0.2, 0.25) is 0 Å². The lowest BCUT2D eigenvalue weighted by Crippen LogP contribution is -2.36. The molecular weight excluding hydrogens is 312 g/mol. The summed E-state index contributed by atoms with van der Waals surface area (Å²) in [5, 5.41) is 11.4. The number of benzene rings is 1. The molecule has 0 radical (unpaired) electrons. The van der Waals surface area contributed by atoms with Gasteiger partial charge in [0.25, 0.3) is 0 Å². The molecule has 104 valence electrons. The first-order valence-corrected chi connectivity index (χ1v) is 6.77. The summed E-state index contributed by atoms with van der Waals surface area (Å²) in [4.78, 5) is 24.0. The Morgan fingerprint density at radius 3 is 2.68 bits per heavy atom. The van der Waals surface area contributed by atoms with Crippen molar-refractivity contribution in [3.8, 4) is 0 Å². The van der Waals surface area contributed by atoms with Gasteiger partial charge in [0, 0.05) is 23.2 Å². The van der Waals surface area contributed by atoms with Gasteiger partial charge in [-0.2, -0.15) is 0 Å². The predicted molar refractivity (Wildman–Crippen MR) is 77.4 cm³/mol. The van der Waals surface area contributed by atoms with Gasteiger partial charge in [-0.05, 0) is 31.5 Å². The molecule has 0 bridgehead atoms. The van der Waals surface area contributed by atoms with Gasteiger partial charge in [0.15, 0.2) is 0 Å². The molecule has 0 aliphatic carbocycles. The van der Waals surface area contributed by atoms with Gasteiger partial charge in [-0.25, -0.2) is 4.79 Å². The van der Waals surface area contributed by atoms with Crippen molar-refractivity contribution in [1.29, 1.82) is 0 Å². The molecule has 0 heterocycles. The van der Waals surface area contributed by atoms with E-state index in [2.05, 4.69) is 21.2 Å². The lowest BCUT2D eigenvalue weighted by molar-refractivity contribution is -0.137. The van der Waals surface area contributed by atoms with E-state index in [4.69, 9.17) is 5.11 Å². The minimum Gasteiger partial charge on any atom is -0.481 e. The van der Waals surface area contributed by atoms with Crippen molar-refractivity contribution in [3.63, 3.8) is 0 Å². The van der Waals surface area contributed by atoms with Crippen LogP contribution in [0, 0.1) is 6.92 Å². The largest absolute Gasteiger partial charge is 0.481 e. The summed E-state index contributed by atoms with van der Waals surface area (Å²) in [5.74, 6) is -0.912. The number of nitrogens with zero attached hydrogens (tertiary/aromatic N) is 1. The quantitative estimate of drug-likeness (QED) is 0.872. The number of hydrogen-bond donors (Lipinski definition) is 2. The van der Waals surface area contributed by atoms with Crippen molar-refractivity contribution in [2.75, 3.05) is 18.4 Å². The van der Waals surface area contributed by atoms with Crippen molar-refractivity contribution < 1.29 is 14.7 Å². The van der Waals surface area contributed by atoms with E-state index in [0.29, 0.717) is 12.2 Å². The maximum Gasteiger partial charge on any atom is 0.321 e. The fourth-order valence-electron chi connectivity index (χ4n) is 1.57. The van der Waals surface area contributed by atoms with Gasteiger partial charge in [-0.3, -0.25) is 4.79 Å². The van der Waals surface area contributed by atoms with Crippen molar-refractivity contribution in [1.82, 2.24) is 4.90 Å². The Hall–Kier alpha value is -1.56. The maximum atomic E-state index is 12.0. The molecule has 1 rings (SSSR count). The maximum absolute atomic E-state index is 12.0. The zero-order valence-corrected chi connectivity index (χ0v) is 12.5. The second kappa shape index (κ2) is 7.13. The standard InChI is InChI=1S/C13H17BrN2O3/c1-3-16(8-7-12(17)18)13(19)15-11-6-4-5-10(14)9(11)2/h4-6H,3,7-8H2,1-2H3,(H,15,19)(H,17,18). The van der Waals surface area contributed by atoms with Crippen LogP contribution in [-0.2, 0) is 4.79 Å². The molecule has 5 nitrogen and oxygen atoms in total. The van der Waals surface area contributed by atoms with E-state index in [-0.39, 0.29) is 19.0 Å². The van der Waals surface area contributed by atoms with E-state index in [0.717, 1.165) is 10.0 Å². The fraction of sp³-hybridized carbons (Fsp3) is 0.385. The Labute approximate surface area is 120 Å². The van der Waals surface area contributed by atoms with Crippen molar-refractivity contribution in [2.45, 2.75) is 20.3 Å². The molecule has 0 saturated carbocycles. The van der Waals surface area contributed by atoms with Crippen LogP contribution in [0.25, 0.3) is 0 Å². The molecule has 0 aliphatic rings. The van der Waals surface area contributed by atoms with Crippen LogP contribution < -0.4 is 5.32 Å². The third-order valence-corrected chi connectivity index (χ3v) is 3.63. The summed E-state index contributed by atoms with van der Waals surface area (Å²) in [6.07, 6.45) is -0.0568. The molecule has 0 atom stereocenters. The summed E-state index contributed by atoms with van der Waals surface area (Å²) in [7, 11) is 0. The van der Waals surface area contributed by atoms with Gasteiger partial charge in [0.05, 0.1) is 6.42 Å². The van der Waals surface area contributed by atoms with Crippen LogP contribution in [0.15, 0.2) is 22.7 Å². The summed E-state index contributed by atoms with van der Waals surface area (Å²) in [6.45, 7) is 4.37. The molecule has 0 saturated heterocycles. The number of hydrogen-bond acceptors (Lipinski definition) is 2. The number of halogens is 1. The SMILES string of the molecule is CCN(CCC(=O)O)C(=O)Nc1cccc(Br)c1C. The molecule has 0 fully saturated rings. The molecule has 0 unspecified atom stereocenters. The number of amides is 2. The number of urea groups is 1. The average molecular weight is 329 g/mol. The third kappa shape index (κ3) is 4.55. The zero-order chi connectivity index (χ0) is 14.4. The van der Waals surface area contributed by atoms with E-state index in [1.807, 2.05) is 32.0 Å². The van der Waals surface area contributed by atoms with E-state index < -0.39 is 5.97 Å². The van der Waals surface area contributed by atoms with Gasteiger partial charge < -0.3 is 15.3 Å². The average Bonchev–Trinajstić information content (AvgIpc) is 2.35. The number of carboxylic acid groups (broad SMARTS) is 1. The molecule has 2 amide bonds. The lowest BCUT2D eigenvalue weighted by atomic mass is 10.2. The Kier molecular flexibility index (Phi) is 5.82. The first-order valence-electron chi connectivity index (χ1n) is 5.98. The number of anilines is 1. The molecule has 1 aromatic carbocycles. The lowest BCUT2D eigenvalue weighted by Gasteiger charge is -2.21. The molecule has 2 N–H and O–H groups in total. The Balaban J connectivity index is 2.71. The number of nitrogens with one attached hydrogen (secondary N) is 1. The van der Waals surface area contributed by atoms with Gasteiger partial charge >= 0.3 is 12.0 Å². The summed E-state index contributed by atoms with van der Waals surface area (Å²) in [5.41, 5.74) is 1.65. The topological polar surface area (TPSA) is 69.6 Å². The van der Waals surface area contributed by atoms with Crippen LogP contribution in [-0.4, -0.2) is 35.1 Å². The monoisotopic (exact) mass is 328 g/mol. The fourth-order valence-corrected chi connectivity index (χ4v) is 1.94. The van der Waals surface area contributed by atoms with E-state index in [1.54, 1.807) is 0 Å². The highest BCUT2D eigenvalue weighted by Gasteiger charge is 2.14. The normalized spacial score (nSPS) is 10.1. The summed E-state index contributed by atoms with van der Waals surface area (Å²) in [6, 6.07) is 5.25. The Morgan fingerprint density at radius 2 is 2.11 bits per heavy atom. The third-order valence-electron chi connectivity index (χ3n) is 2.77. The molecule has 19 heavy (non-hydrogen) atoms. The molecule has 6 heteroatoms. The van der Waals surface area contributed by atoms with Gasteiger partial charge in [0.1, 0.15) is 0 Å². The number of carbonyl (C=O) groups excluding carboxylic acids is 1. The molecule has 0 aliphatic heterocycles. The molecular formula is C13H17BrN2O3. The van der Waals surface area contributed by atoms with Crippen molar-refractivity contribution in [2.24, 2.45) is 0 Å². The predicted octanol–water partition coefficient (Wildman–Crippen LogP) is 3.09. The highest BCUT2D eigenvalue weighted by molar-refractivity contribution is 9.10. The van der Waals surface area contributed by atoms with E-state index in [1.165, 1.54) is 4.90 Å². The second-order valence-corrected chi connectivity index (χ2v) is 4.92. The van der Waals surface area contributed by atoms with Gasteiger partial charge in [0.2, 0.25) is 0 Å². The van der Waals surface area contributed by atoms with E-state index >= 15 is 0 Å². The molecule has 0 aromatic heterocycles. The van der Waals surface area contributed by atoms with Crippen LogP contribution in [0.5, 0.6) is 0 Å². The highest BCUT2D eigenvalue weighted by Crippen LogP contribution is 2.23. The van der Waals surface area contributed by atoms with Crippen LogP contribution in [0.3, 0.4) is 0 Å². The molecule has 1 aromatic rings. The number of carbonyl (C=O) groups is 2. The van der Waals surface area contributed by atoms with Crippen molar-refractivity contribution in [3.05, 3.63) is 28.2 Å². The molecule has 0 spiro atoms. The zero-order valence-electron chi connectivity index (χ0n) is 10.9. The summed E-state index contributed by atoms with van der Waals surface area (Å²) >= 11 is 3.40. The summed E-state index contributed by atoms with van der Waals surface area (Å²) < 4.78 is 0.916. The first kappa shape index (κ1) is 15.5. The van der Waals surface area contributed by atoms with E-state index in [9.17, 15) is 9.59 Å².